The van der Waals surface area contributed by atoms with E-state index in [0.717, 1.165) is 16.3 Å². The summed E-state index contributed by atoms with van der Waals surface area (Å²) in [5.74, 6) is 0. The van der Waals surface area contributed by atoms with Crippen LogP contribution in [0.25, 0.3) is 0 Å². The van der Waals surface area contributed by atoms with Crippen LogP contribution in [-0.4, -0.2) is 21.1 Å². The van der Waals surface area contributed by atoms with Crippen molar-refractivity contribution < 1.29 is 4.79 Å². The van der Waals surface area contributed by atoms with E-state index in [9.17, 15) is 4.79 Å². The Kier molecular flexibility index (Phi) is 3.26. The standard InChI is InChI=1S/C10H8ClN3OS/c1-14-10(12-6-13-14)16-9-3-2-8(11)4-7(9)5-15/h2-6H,1H3. The van der Waals surface area contributed by atoms with Crippen LogP contribution >= 0.6 is 23.4 Å². The van der Waals surface area contributed by atoms with Crippen LogP contribution in [0.2, 0.25) is 5.02 Å². The van der Waals surface area contributed by atoms with Crippen LogP contribution in [0.5, 0.6) is 0 Å². The van der Waals surface area contributed by atoms with Crippen LogP contribution in [0.3, 0.4) is 0 Å². The molecule has 0 saturated heterocycles. The van der Waals surface area contributed by atoms with Gasteiger partial charge >= 0.3 is 0 Å². The summed E-state index contributed by atoms with van der Waals surface area (Å²) >= 11 is 7.19. The van der Waals surface area contributed by atoms with Gasteiger partial charge in [0.25, 0.3) is 0 Å². The number of aldehydes is 1. The normalized spacial score (nSPS) is 10.4. The predicted molar refractivity (Wildman–Crippen MR) is 62.0 cm³/mol. The predicted octanol–water partition coefficient (Wildman–Crippen LogP) is 2.43. The fourth-order valence-electron chi connectivity index (χ4n) is 1.18. The van der Waals surface area contributed by atoms with Crippen molar-refractivity contribution in [2.45, 2.75) is 10.1 Å². The van der Waals surface area contributed by atoms with Crippen LogP contribution in [0, 0.1) is 0 Å². The van der Waals surface area contributed by atoms with Crippen LogP contribution in [0.1, 0.15) is 10.4 Å². The summed E-state index contributed by atoms with van der Waals surface area (Å²) < 4.78 is 1.65. The molecule has 0 N–H and O–H groups in total. The third kappa shape index (κ3) is 2.25. The molecule has 0 amide bonds. The zero-order chi connectivity index (χ0) is 11.5. The lowest BCUT2D eigenvalue weighted by Crippen LogP contribution is -1.93. The third-order valence-corrected chi connectivity index (χ3v) is 3.35. The molecule has 0 atom stereocenters. The topological polar surface area (TPSA) is 47.8 Å². The van der Waals surface area contributed by atoms with E-state index in [4.69, 9.17) is 11.6 Å². The van der Waals surface area contributed by atoms with Gasteiger partial charge in [-0.1, -0.05) is 11.6 Å². The maximum absolute atomic E-state index is 10.9. The van der Waals surface area contributed by atoms with E-state index < -0.39 is 0 Å². The van der Waals surface area contributed by atoms with Gasteiger partial charge in [-0.15, -0.1) is 0 Å². The molecule has 82 valence electrons. The minimum atomic E-state index is 0.546. The van der Waals surface area contributed by atoms with Gasteiger partial charge < -0.3 is 0 Å². The van der Waals surface area contributed by atoms with E-state index in [1.54, 1.807) is 29.9 Å². The molecule has 0 bridgehead atoms. The fraction of sp³-hybridized carbons (Fsp3) is 0.100. The number of aromatic nitrogens is 3. The molecule has 0 unspecified atom stereocenters. The lowest BCUT2D eigenvalue weighted by molar-refractivity contribution is 0.112. The average Bonchev–Trinajstić information content (AvgIpc) is 2.67. The number of nitrogens with zero attached hydrogens (tertiary/aromatic N) is 3. The van der Waals surface area contributed by atoms with Crippen molar-refractivity contribution in [3.63, 3.8) is 0 Å². The van der Waals surface area contributed by atoms with Crippen molar-refractivity contribution in [2.24, 2.45) is 7.05 Å². The van der Waals surface area contributed by atoms with E-state index in [0.29, 0.717) is 10.6 Å². The molecule has 0 aliphatic rings. The lowest BCUT2D eigenvalue weighted by atomic mass is 10.2. The Balaban J connectivity index is 2.34. The summed E-state index contributed by atoms with van der Waals surface area (Å²) in [6.07, 6.45) is 2.25. The Labute approximate surface area is 102 Å². The molecule has 0 fully saturated rings. The molecule has 0 aliphatic carbocycles. The Morgan fingerprint density at radius 2 is 2.31 bits per heavy atom. The molecule has 0 radical (unpaired) electrons. The highest BCUT2D eigenvalue weighted by atomic mass is 35.5. The Morgan fingerprint density at radius 1 is 1.50 bits per heavy atom. The van der Waals surface area contributed by atoms with Crippen molar-refractivity contribution in [3.05, 3.63) is 35.1 Å². The smallest absolute Gasteiger partial charge is 0.190 e. The monoisotopic (exact) mass is 253 g/mol. The van der Waals surface area contributed by atoms with Gasteiger partial charge in [0.1, 0.15) is 6.33 Å². The number of benzene rings is 1. The molecular formula is C10H8ClN3OS. The van der Waals surface area contributed by atoms with Gasteiger partial charge in [0, 0.05) is 22.5 Å². The van der Waals surface area contributed by atoms with Gasteiger partial charge in [0.05, 0.1) is 0 Å². The first-order chi connectivity index (χ1) is 7.70. The van der Waals surface area contributed by atoms with Crippen LogP contribution in [-0.2, 0) is 7.05 Å². The van der Waals surface area contributed by atoms with Crippen LogP contribution in [0.4, 0.5) is 0 Å². The summed E-state index contributed by atoms with van der Waals surface area (Å²) in [5.41, 5.74) is 0.556. The van der Waals surface area contributed by atoms with Gasteiger partial charge in [-0.3, -0.25) is 4.79 Å². The van der Waals surface area contributed by atoms with Crippen LogP contribution < -0.4 is 0 Å². The van der Waals surface area contributed by atoms with E-state index in [2.05, 4.69) is 10.1 Å². The number of hydrogen-bond acceptors (Lipinski definition) is 4. The van der Waals surface area contributed by atoms with E-state index >= 15 is 0 Å². The zero-order valence-corrected chi connectivity index (χ0v) is 10.00. The lowest BCUT2D eigenvalue weighted by Gasteiger charge is -2.03. The highest BCUT2D eigenvalue weighted by molar-refractivity contribution is 7.99. The molecule has 6 heteroatoms. The quantitative estimate of drug-likeness (QED) is 0.789. The summed E-state index contributed by atoms with van der Waals surface area (Å²) in [4.78, 5) is 15.8. The van der Waals surface area contributed by atoms with E-state index in [1.807, 2.05) is 0 Å². The number of aryl methyl sites for hydroxylation is 1. The molecular weight excluding hydrogens is 246 g/mol. The maximum Gasteiger partial charge on any atom is 0.190 e. The minimum absolute atomic E-state index is 0.546. The summed E-state index contributed by atoms with van der Waals surface area (Å²) in [5, 5.41) is 5.23. The number of halogens is 1. The first-order valence-corrected chi connectivity index (χ1v) is 5.66. The third-order valence-electron chi connectivity index (χ3n) is 1.97. The van der Waals surface area contributed by atoms with E-state index in [-0.39, 0.29) is 0 Å². The Hall–Kier alpha value is -1.33. The summed E-state index contributed by atoms with van der Waals surface area (Å²) in [6, 6.07) is 5.17. The van der Waals surface area contributed by atoms with Crippen molar-refractivity contribution >= 4 is 29.6 Å². The summed E-state index contributed by atoms with van der Waals surface area (Å²) in [7, 11) is 1.80. The fourth-order valence-corrected chi connectivity index (χ4v) is 2.20. The second-order valence-corrected chi connectivity index (χ2v) is 4.51. The minimum Gasteiger partial charge on any atom is -0.298 e. The molecule has 16 heavy (non-hydrogen) atoms. The van der Waals surface area contributed by atoms with Crippen LogP contribution in [0.15, 0.2) is 34.6 Å². The average molecular weight is 254 g/mol. The van der Waals surface area contributed by atoms with Crippen molar-refractivity contribution in [1.82, 2.24) is 14.8 Å². The second kappa shape index (κ2) is 4.67. The van der Waals surface area contributed by atoms with Gasteiger partial charge in [-0.2, -0.15) is 5.10 Å². The van der Waals surface area contributed by atoms with Gasteiger partial charge in [0.2, 0.25) is 0 Å². The van der Waals surface area contributed by atoms with Crippen molar-refractivity contribution in [2.75, 3.05) is 0 Å². The van der Waals surface area contributed by atoms with Crippen molar-refractivity contribution in [3.8, 4) is 0 Å². The molecule has 0 aliphatic heterocycles. The SMILES string of the molecule is Cn1ncnc1Sc1ccc(Cl)cc1C=O. The summed E-state index contributed by atoms with van der Waals surface area (Å²) in [6.45, 7) is 0. The molecule has 1 heterocycles. The zero-order valence-electron chi connectivity index (χ0n) is 8.42. The number of carbonyl (C=O) groups excluding carboxylic acids is 1. The molecule has 2 rings (SSSR count). The Morgan fingerprint density at radius 3 is 2.94 bits per heavy atom. The first kappa shape index (κ1) is 11.2. The highest BCUT2D eigenvalue weighted by Gasteiger charge is 2.08. The molecule has 1 aromatic carbocycles. The second-order valence-electron chi connectivity index (χ2n) is 3.07. The molecule has 0 spiro atoms. The maximum atomic E-state index is 10.9. The number of hydrogen-bond donors (Lipinski definition) is 0. The number of carbonyl (C=O) groups is 1. The van der Waals surface area contributed by atoms with Gasteiger partial charge in [-0.25, -0.2) is 9.67 Å². The molecule has 2 aromatic rings. The van der Waals surface area contributed by atoms with Gasteiger partial charge in [-0.05, 0) is 30.0 Å². The van der Waals surface area contributed by atoms with Gasteiger partial charge in [0.15, 0.2) is 11.4 Å². The molecule has 4 nitrogen and oxygen atoms in total. The largest absolute Gasteiger partial charge is 0.298 e. The first-order valence-electron chi connectivity index (χ1n) is 4.47. The Bertz CT molecular complexity index is 527. The highest BCUT2D eigenvalue weighted by Crippen LogP contribution is 2.29. The molecule has 1 aromatic heterocycles. The molecule has 0 saturated carbocycles. The van der Waals surface area contributed by atoms with Crippen molar-refractivity contribution in [1.29, 1.82) is 0 Å². The van der Waals surface area contributed by atoms with E-state index in [1.165, 1.54) is 18.1 Å². The number of rotatable bonds is 3.